The average Bonchev–Trinajstić information content (AvgIpc) is 3.16. The van der Waals surface area contributed by atoms with Gasteiger partial charge < -0.3 is 10.4 Å². The fourth-order valence-electron chi connectivity index (χ4n) is 3.38. The molecule has 108 valence electrons. The van der Waals surface area contributed by atoms with Crippen LogP contribution in [0.15, 0.2) is 0 Å². The second-order valence-corrected chi connectivity index (χ2v) is 6.35. The van der Waals surface area contributed by atoms with Crippen molar-refractivity contribution in [3.63, 3.8) is 0 Å². The van der Waals surface area contributed by atoms with Crippen LogP contribution in [0.4, 0.5) is 0 Å². The summed E-state index contributed by atoms with van der Waals surface area (Å²) in [6, 6.07) is 0. The van der Waals surface area contributed by atoms with Crippen molar-refractivity contribution in [3.05, 3.63) is 0 Å². The zero-order chi connectivity index (χ0) is 13.8. The van der Waals surface area contributed by atoms with E-state index in [-0.39, 0.29) is 24.2 Å². The van der Waals surface area contributed by atoms with Gasteiger partial charge >= 0.3 is 5.97 Å². The Hall–Kier alpha value is -1.06. The zero-order valence-corrected chi connectivity index (χ0v) is 11.7. The molecule has 0 aromatic heterocycles. The molecule has 0 spiro atoms. The number of amides is 1. The van der Waals surface area contributed by atoms with Gasteiger partial charge in [-0.3, -0.25) is 9.59 Å². The summed E-state index contributed by atoms with van der Waals surface area (Å²) in [6.07, 6.45) is 7.76. The van der Waals surface area contributed by atoms with E-state index in [1.54, 1.807) is 0 Å². The first-order valence-corrected chi connectivity index (χ1v) is 7.57. The van der Waals surface area contributed by atoms with Gasteiger partial charge in [0, 0.05) is 18.9 Å². The van der Waals surface area contributed by atoms with Crippen LogP contribution >= 0.6 is 0 Å². The number of carboxylic acid groups (broad SMARTS) is 1. The summed E-state index contributed by atoms with van der Waals surface area (Å²) in [6.45, 7) is 2.35. The van der Waals surface area contributed by atoms with E-state index in [4.69, 9.17) is 5.11 Å². The molecule has 2 saturated carbocycles. The third-order valence-corrected chi connectivity index (χ3v) is 4.58. The standard InChI is InChI=1S/C15H25NO3/c1-10(7-14(17)18)9-16-15(19)13-8-12(13)11-5-3-2-4-6-11/h10-13H,2-9H2,1H3,(H,16,19)(H,17,18). The first-order chi connectivity index (χ1) is 9.08. The number of rotatable bonds is 6. The smallest absolute Gasteiger partial charge is 0.303 e. The van der Waals surface area contributed by atoms with E-state index in [0.717, 1.165) is 12.3 Å². The van der Waals surface area contributed by atoms with Crippen LogP contribution in [0, 0.1) is 23.7 Å². The van der Waals surface area contributed by atoms with E-state index in [1.807, 2.05) is 6.92 Å². The molecule has 2 rings (SSSR count). The van der Waals surface area contributed by atoms with Gasteiger partial charge in [0.1, 0.15) is 0 Å². The number of carbonyl (C=O) groups is 2. The fourth-order valence-corrected chi connectivity index (χ4v) is 3.38. The van der Waals surface area contributed by atoms with Crippen molar-refractivity contribution in [1.82, 2.24) is 5.32 Å². The molecule has 4 heteroatoms. The predicted molar refractivity (Wildman–Crippen MR) is 72.6 cm³/mol. The van der Waals surface area contributed by atoms with Gasteiger partial charge in [-0.25, -0.2) is 0 Å². The van der Waals surface area contributed by atoms with Crippen LogP contribution in [0.2, 0.25) is 0 Å². The topological polar surface area (TPSA) is 66.4 Å². The Morgan fingerprint density at radius 3 is 2.58 bits per heavy atom. The summed E-state index contributed by atoms with van der Waals surface area (Å²) in [7, 11) is 0. The molecule has 2 N–H and O–H groups in total. The van der Waals surface area contributed by atoms with Crippen molar-refractivity contribution in [2.75, 3.05) is 6.54 Å². The third kappa shape index (κ3) is 4.22. The Morgan fingerprint density at radius 1 is 1.26 bits per heavy atom. The first kappa shape index (κ1) is 14.4. The van der Waals surface area contributed by atoms with Gasteiger partial charge in [0.05, 0.1) is 0 Å². The molecule has 0 aromatic carbocycles. The van der Waals surface area contributed by atoms with Crippen molar-refractivity contribution in [1.29, 1.82) is 0 Å². The van der Waals surface area contributed by atoms with Gasteiger partial charge in [0.15, 0.2) is 0 Å². The average molecular weight is 267 g/mol. The number of aliphatic carboxylic acids is 1. The second kappa shape index (κ2) is 6.40. The molecule has 0 bridgehead atoms. The number of hydrogen-bond donors (Lipinski definition) is 2. The van der Waals surface area contributed by atoms with Gasteiger partial charge in [0.25, 0.3) is 0 Å². The van der Waals surface area contributed by atoms with E-state index >= 15 is 0 Å². The van der Waals surface area contributed by atoms with Crippen LogP contribution in [0.25, 0.3) is 0 Å². The molecule has 19 heavy (non-hydrogen) atoms. The first-order valence-electron chi connectivity index (χ1n) is 7.57. The number of hydrogen-bond acceptors (Lipinski definition) is 2. The van der Waals surface area contributed by atoms with Crippen molar-refractivity contribution in [2.45, 2.75) is 51.9 Å². The summed E-state index contributed by atoms with van der Waals surface area (Å²) in [5, 5.41) is 11.6. The lowest BCUT2D eigenvalue weighted by Gasteiger charge is -2.21. The van der Waals surface area contributed by atoms with E-state index in [2.05, 4.69) is 5.32 Å². The molecule has 0 radical (unpaired) electrons. The molecular weight excluding hydrogens is 242 g/mol. The summed E-state index contributed by atoms with van der Waals surface area (Å²) >= 11 is 0. The highest BCUT2D eigenvalue weighted by Gasteiger charge is 2.47. The number of nitrogens with one attached hydrogen (secondary N) is 1. The zero-order valence-electron chi connectivity index (χ0n) is 11.7. The quantitative estimate of drug-likeness (QED) is 0.776. The maximum atomic E-state index is 12.0. The van der Waals surface area contributed by atoms with E-state index in [9.17, 15) is 9.59 Å². The fraction of sp³-hybridized carbons (Fsp3) is 0.867. The Balaban J connectivity index is 1.66. The van der Waals surface area contributed by atoms with Crippen LogP contribution in [0.1, 0.15) is 51.9 Å². The summed E-state index contributed by atoms with van der Waals surface area (Å²) in [4.78, 5) is 22.5. The molecule has 0 saturated heterocycles. The molecule has 2 aliphatic carbocycles. The van der Waals surface area contributed by atoms with Crippen LogP contribution in [-0.4, -0.2) is 23.5 Å². The summed E-state index contributed by atoms with van der Waals surface area (Å²) < 4.78 is 0. The molecule has 0 aromatic rings. The minimum atomic E-state index is -0.798. The summed E-state index contributed by atoms with van der Waals surface area (Å²) in [5.41, 5.74) is 0. The van der Waals surface area contributed by atoms with Gasteiger partial charge in [-0.05, 0) is 24.2 Å². The van der Waals surface area contributed by atoms with Crippen molar-refractivity contribution in [2.24, 2.45) is 23.7 Å². The molecule has 0 heterocycles. The molecule has 2 aliphatic rings. The monoisotopic (exact) mass is 267 g/mol. The predicted octanol–water partition coefficient (Wildman–Crippen LogP) is 2.43. The lowest BCUT2D eigenvalue weighted by atomic mass is 9.85. The van der Waals surface area contributed by atoms with Crippen LogP contribution < -0.4 is 5.32 Å². The number of carboxylic acids is 1. The minimum Gasteiger partial charge on any atom is -0.481 e. The van der Waals surface area contributed by atoms with Gasteiger partial charge in [-0.15, -0.1) is 0 Å². The second-order valence-electron chi connectivity index (χ2n) is 6.35. The summed E-state index contributed by atoms with van der Waals surface area (Å²) in [5.74, 6) is 0.936. The lowest BCUT2D eigenvalue weighted by Crippen LogP contribution is -2.31. The van der Waals surface area contributed by atoms with Gasteiger partial charge in [-0.2, -0.15) is 0 Å². The molecule has 2 fully saturated rings. The largest absolute Gasteiger partial charge is 0.481 e. The van der Waals surface area contributed by atoms with E-state index < -0.39 is 5.97 Å². The molecular formula is C15H25NO3. The highest BCUT2D eigenvalue weighted by molar-refractivity contribution is 5.81. The molecule has 3 unspecified atom stereocenters. The lowest BCUT2D eigenvalue weighted by molar-refractivity contribution is -0.138. The SMILES string of the molecule is CC(CNC(=O)C1CC1C1CCCCC1)CC(=O)O. The Morgan fingerprint density at radius 2 is 1.95 bits per heavy atom. The maximum Gasteiger partial charge on any atom is 0.303 e. The third-order valence-electron chi connectivity index (χ3n) is 4.58. The van der Waals surface area contributed by atoms with Crippen molar-refractivity contribution >= 4 is 11.9 Å². The minimum absolute atomic E-state index is 0.00771. The Kier molecular flexibility index (Phi) is 4.83. The van der Waals surface area contributed by atoms with E-state index in [0.29, 0.717) is 12.5 Å². The molecule has 3 atom stereocenters. The molecule has 4 nitrogen and oxygen atoms in total. The maximum absolute atomic E-state index is 12.0. The van der Waals surface area contributed by atoms with Gasteiger partial charge in [0.2, 0.25) is 5.91 Å². The van der Waals surface area contributed by atoms with Crippen LogP contribution in [0.5, 0.6) is 0 Å². The highest BCUT2D eigenvalue weighted by Crippen LogP contribution is 2.49. The molecule has 0 aliphatic heterocycles. The Bertz CT molecular complexity index is 336. The van der Waals surface area contributed by atoms with Crippen LogP contribution in [0.3, 0.4) is 0 Å². The van der Waals surface area contributed by atoms with Crippen molar-refractivity contribution in [3.8, 4) is 0 Å². The number of carbonyl (C=O) groups excluding carboxylic acids is 1. The van der Waals surface area contributed by atoms with Gasteiger partial charge in [-0.1, -0.05) is 39.0 Å². The van der Waals surface area contributed by atoms with E-state index in [1.165, 1.54) is 32.1 Å². The molecule has 1 amide bonds. The normalized spacial score (nSPS) is 28.7. The highest BCUT2D eigenvalue weighted by atomic mass is 16.4. The van der Waals surface area contributed by atoms with Crippen molar-refractivity contribution < 1.29 is 14.7 Å². The Labute approximate surface area is 115 Å². The van der Waals surface area contributed by atoms with Crippen LogP contribution in [-0.2, 0) is 9.59 Å².